The van der Waals surface area contributed by atoms with Crippen LogP contribution in [0.15, 0.2) is 54.9 Å². The molecule has 26 heavy (non-hydrogen) atoms. The molecule has 3 aromatic rings. The number of carbonyl (C=O) groups is 1. The maximum Gasteiger partial charge on any atom is 0.491 e. The van der Waals surface area contributed by atoms with Crippen LogP contribution in [0.3, 0.4) is 0 Å². The molecule has 130 valence electrons. The van der Waals surface area contributed by atoms with Gasteiger partial charge in [-0.1, -0.05) is 36.4 Å². The Hall–Kier alpha value is -2.54. The first-order chi connectivity index (χ1) is 12.7. The van der Waals surface area contributed by atoms with Crippen molar-refractivity contribution in [3.05, 3.63) is 71.5 Å². The second-order valence-electron chi connectivity index (χ2n) is 6.57. The summed E-state index contributed by atoms with van der Waals surface area (Å²) in [6, 6.07) is 13.5. The van der Waals surface area contributed by atoms with E-state index >= 15 is 0 Å². The Kier molecular flexibility index (Phi) is 4.55. The van der Waals surface area contributed by atoms with Gasteiger partial charge >= 0.3 is 7.12 Å². The maximum atomic E-state index is 13.0. The van der Waals surface area contributed by atoms with Crippen LogP contribution in [0.25, 0.3) is 10.8 Å². The lowest BCUT2D eigenvalue weighted by molar-refractivity contribution is -0.119. The number of aromatic nitrogens is 1. The third-order valence-corrected chi connectivity index (χ3v) is 4.98. The van der Waals surface area contributed by atoms with Crippen LogP contribution in [0.1, 0.15) is 22.6 Å². The standard InChI is InChI=1S/C20H19BN2O3/c22-10-17(16-2-1-3-19-18(16)12-26-21(19)25)20(24)9-13-4-5-15-11-23-7-6-14(15)8-13/h1-8,11,17,25H,9-10,12,22H2/t17-/m1/s1. The number of benzene rings is 2. The van der Waals surface area contributed by atoms with Crippen molar-refractivity contribution in [3.8, 4) is 0 Å². The van der Waals surface area contributed by atoms with Crippen molar-refractivity contribution in [2.75, 3.05) is 6.54 Å². The molecule has 5 nitrogen and oxygen atoms in total. The van der Waals surface area contributed by atoms with E-state index in [-0.39, 0.29) is 12.3 Å². The fraction of sp³-hybridized carbons (Fsp3) is 0.200. The number of Topliss-reactive ketones (excluding diaryl/α,β-unsaturated/α-hetero) is 1. The number of carbonyl (C=O) groups excluding carboxylic acids is 1. The number of nitrogens with two attached hydrogens (primary N) is 1. The van der Waals surface area contributed by atoms with E-state index in [9.17, 15) is 9.82 Å². The molecule has 0 aliphatic carbocycles. The Morgan fingerprint density at radius 1 is 1.27 bits per heavy atom. The van der Waals surface area contributed by atoms with Crippen molar-refractivity contribution >= 4 is 29.1 Å². The molecule has 0 bridgehead atoms. The molecule has 0 amide bonds. The SMILES string of the molecule is NC[C@@H](C(=O)Cc1ccc2cnccc2c1)c1cccc2c1COB2O. The highest BCUT2D eigenvalue weighted by molar-refractivity contribution is 6.61. The third kappa shape index (κ3) is 3.03. The summed E-state index contributed by atoms with van der Waals surface area (Å²) >= 11 is 0. The van der Waals surface area contributed by atoms with Gasteiger partial charge in [-0.2, -0.15) is 0 Å². The van der Waals surface area contributed by atoms with Gasteiger partial charge in [0.15, 0.2) is 0 Å². The predicted octanol–water partition coefficient (Wildman–Crippen LogP) is 1.31. The molecule has 6 heteroatoms. The zero-order chi connectivity index (χ0) is 18.1. The number of rotatable bonds is 5. The summed E-state index contributed by atoms with van der Waals surface area (Å²) in [5.74, 6) is -0.345. The van der Waals surface area contributed by atoms with Gasteiger partial charge in [0, 0.05) is 30.7 Å². The number of hydrogen-bond donors (Lipinski definition) is 2. The Labute approximate surface area is 152 Å². The van der Waals surface area contributed by atoms with Crippen molar-refractivity contribution < 1.29 is 14.5 Å². The van der Waals surface area contributed by atoms with Crippen LogP contribution in [0.2, 0.25) is 0 Å². The zero-order valence-electron chi connectivity index (χ0n) is 14.3. The molecule has 1 aliphatic rings. The summed E-state index contributed by atoms with van der Waals surface area (Å²) in [7, 11) is -0.924. The Morgan fingerprint density at radius 2 is 2.15 bits per heavy atom. The fourth-order valence-corrected chi connectivity index (χ4v) is 3.60. The lowest BCUT2D eigenvalue weighted by atomic mass is 9.76. The third-order valence-electron chi connectivity index (χ3n) is 4.98. The van der Waals surface area contributed by atoms with Crippen LogP contribution < -0.4 is 11.2 Å². The van der Waals surface area contributed by atoms with Crippen molar-refractivity contribution in [1.29, 1.82) is 0 Å². The van der Waals surface area contributed by atoms with Gasteiger partial charge in [-0.3, -0.25) is 9.78 Å². The minimum atomic E-state index is -0.924. The summed E-state index contributed by atoms with van der Waals surface area (Å²) in [4.78, 5) is 17.1. The molecular formula is C20H19BN2O3. The van der Waals surface area contributed by atoms with E-state index in [1.54, 1.807) is 6.20 Å². The van der Waals surface area contributed by atoms with Crippen LogP contribution in [0, 0.1) is 0 Å². The minimum Gasteiger partial charge on any atom is -0.423 e. The van der Waals surface area contributed by atoms with E-state index in [1.165, 1.54) is 0 Å². The summed E-state index contributed by atoms with van der Waals surface area (Å²) in [6.45, 7) is 0.530. The quantitative estimate of drug-likeness (QED) is 0.681. The highest BCUT2D eigenvalue weighted by Crippen LogP contribution is 2.25. The maximum absolute atomic E-state index is 13.0. The largest absolute Gasteiger partial charge is 0.491 e. The Morgan fingerprint density at radius 3 is 3.00 bits per heavy atom. The first-order valence-electron chi connectivity index (χ1n) is 8.64. The number of pyridine rings is 1. The molecule has 1 aliphatic heterocycles. The van der Waals surface area contributed by atoms with Crippen molar-refractivity contribution in [2.24, 2.45) is 5.73 Å². The van der Waals surface area contributed by atoms with Crippen LogP contribution in [-0.2, 0) is 22.5 Å². The minimum absolute atomic E-state index is 0.0655. The first kappa shape index (κ1) is 16.9. The first-order valence-corrected chi connectivity index (χ1v) is 8.64. The molecule has 1 aromatic heterocycles. The van der Waals surface area contributed by atoms with E-state index in [0.29, 0.717) is 13.0 Å². The molecular weight excluding hydrogens is 327 g/mol. The molecule has 0 saturated heterocycles. The van der Waals surface area contributed by atoms with Crippen molar-refractivity contribution in [3.63, 3.8) is 0 Å². The van der Waals surface area contributed by atoms with Gasteiger partial charge in [0.05, 0.1) is 12.5 Å². The van der Waals surface area contributed by atoms with Gasteiger partial charge in [-0.25, -0.2) is 0 Å². The van der Waals surface area contributed by atoms with E-state index in [2.05, 4.69) is 4.98 Å². The highest BCUT2D eigenvalue weighted by atomic mass is 16.5. The lowest BCUT2D eigenvalue weighted by Crippen LogP contribution is -2.30. The van der Waals surface area contributed by atoms with Crippen molar-refractivity contribution in [1.82, 2.24) is 4.98 Å². The average molecular weight is 346 g/mol. The normalized spacial score (nSPS) is 14.5. The number of nitrogens with zero attached hydrogens (tertiary/aromatic N) is 1. The summed E-state index contributed by atoms with van der Waals surface area (Å²) in [5, 5.41) is 12.0. The molecule has 0 radical (unpaired) electrons. The molecule has 1 atom stereocenters. The van der Waals surface area contributed by atoms with Crippen LogP contribution in [0.4, 0.5) is 0 Å². The molecule has 0 saturated carbocycles. The molecule has 0 spiro atoms. The molecule has 3 N–H and O–H groups in total. The number of fused-ring (bicyclic) bond motifs is 2. The van der Waals surface area contributed by atoms with E-state index < -0.39 is 13.0 Å². The number of hydrogen-bond acceptors (Lipinski definition) is 5. The topological polar surface area (TPSA) is 85.4 Å². The fourth-order valence-electron chi connectivity index (χ4n) is 3.60. The van der Waals surface area contributed by atoms with Gasteiger partial charge in [0.1, 0.15) is 5.78 Å². The zero-order valence-corrected chi connectivity index (χ0v) is 14.3. The summed E-state index contributed by atoms with van der Waals surface area (Å²) in [6.07, 6.45) is 3.87. The predicted molar refractivity (Wildman–Crippen MR) is 101 cm³/mol. The van der Waals surface area contributed by atoms with Gasteiger partial charge in [-0.15, -0.1) is 0 Å². The van der Waals surface area contributed by atoms with Gasteiger partial charge in [-0.05, 0) is 33.6 Å². The summed E-state index contributed by atoms with van der Waals surface area (Å²) < 4.78 is 5.30. The smallest absolute Gasteiger partial charge is 0.423 e. The van der Waals surface area contributed by atoms with Gasteiger partial charge < -0.3 is 15.4 Å². The monoisotopic (exact) mass is 346 g/mol. The highest BCUT2D eigenvalue weighted by Gasteiger charge is 2.32. The molecule has 2 aromatic carbocycles. The van der Waals surface area contributed by atoms with E-state index in [0.717, 1.165) is 32.9 Å². The van der Waals surface area contributed by atoms with Gasteiger partial charge in [0.2, 0.25) is 0 Å². The summed E-state index contributed by atoms with van der Waals surface area (Å²) in [5.41, 5.74) is 9.37. The Bertz CT molecular complexity index is 976. The van der Waals surface area contributed by atoms with Crippen LogP contribution >= 0.6 is 0 Å². The second kappa shape index (κ2) is 7.00. The molecule has 0 fully saturated rings. The van der Waals surface area contributed by atoms with Gasteiger partial charge in [0.25, 0.3) is 0 Å². The molecule has 4 rings (SSSR count). The van der Waals surface area contributed by atoms with Crippen LogP contribution in [-0.4, -0.2) is 29.5 Å². The molecule has 0 unspecified atom stereocenters. The van der Waals surface area contributed by atoms with Crippen LogP contribution in [0.5, 0.6) is 0 Å². The Balaban J connectivity index is 1.62. The molecule has 2 heterocycles. The van der Waals surface area contributed by atoms with E-state index in [4.69, 9.17) is 10.4 Å². The van der Waals surface area contributed by atoms with E-state index in [1.807, 2.05) is 48.7 Å². The number of ketones is 1. The van der Waals surface area contributed by atoms with Crippen molar-refractivity contribution in [2.45, 2.75) is 18.9 Å². The average Bonchev–Trinajstić information content (AvgIpc) is 3.04. The lowest BCUT2D eigenvalue weighted by Gasteiger charge is -2.17. The second-order valence-corrected chi connectivity index (χ2v) is 6.57.